The number of hydrogen-bond donors (Lipinski definition) is 2. The van der Waals surface area contributed by atoms with Crippen LogP contribution in [0.25, 0.3) is 0 Å². The topological polar surface area (TPSA) is 52.6 Å². The fraction of sp³-hybridized carbons (Fsp3) is 0.667. The van der Waals surface area contributed by atoms with Gasteiger partial charge in [0, 0.05) is 31.4 Å². The van der Waals surface area contributed by atoms with Gasteiger partial charge in [-0.15, -0.1) is 24.0 Å². The summed E-state index contributed by atoms with van der Waals surface area (Å²) in [6.45, 7) is 12.3. The molecule has 0 bridgehead atoms. The molecule has 1 fully saturated rings. The summed E-state index contributed by atoms with van der Waals surface area (Å²) < 4.78 is 0. The number of anilines is 1. The van der Waals surface area contributed by atoms with Crippen LogP contribution in [-0.4, -0.2) is 36.1 Å². The molecule has 0 atom stereocenters. The number of aromatic nitrogens is 1. The highest BCUT2D eigenvalue weighted by molar-refractivity contribution is 14.0. The van der Waals surface area contributed by atoms with Gasteiger partial charge in [0.1, 0.15) is 5.82 Å². The smallest absolute Gasteiger partial charge is 0.191 e. The number of rotatable bonds is 4. The minimum Gasteiger partial charge on any atom is -0.357 e. The standard InChI is InChI=1S/C18H31N5.HI/c1-5-19-17(22-18(2,3)4)21-14-15-9-10-20-16(13-15)23-11-7-6-8-12-23;/h9-10,13H,5-8,11-12,14H2,1-4H3,(H2,19,21,22);1H. The van der Waals surface area contributed by atoms with Crippen LogP contribution < -0.4 is 15.5 Å². The lowest BCUT2D eigenvalue weighted by atomic mass is 10.1. The molecule has 0 unspecified atom stereocenters. The van der Waals surface area contributed by atoms with Crippen molar-refractivity contribution in [2.75, 3.05) is 24.5 Å². The second kappa shape index (κ2) is 10.1. The maximum atomic E-state index is 4.70. The van der Waals surface area contributed by atoms with E-state index < -0.39 is 0 Å². The maximum Gasteiger partial charge on any atom is 0.191 e. The molecule has 2 heterocycles. The molecule has 24 heavy (non-hydrogen) atoms. The number of piperidine rings is 1. The number of nitrogens with zero attached hydrogens (tertiary/aromatic N) is 3. The summed E-state index contributed by atoms with van der Waals surface area (Å²) in [5, 5.41) is 6.72. The third-order valence-corrected chi connectivity index (χ3v) is 3.75. The molecule has 6 heteroatoms. The normalized spacial score (nSPS) is 15.7. The average Bonchev–Trinajstić information content (AvgIpc) is 2.53. The van der Waals surface area contributed by atoms with E-state index in [4.69, 9.17) is 4.99 Å². The molecule has 1 aliphatic rings. The number of aliphatic imine (C=N–C) groups is 1. The van der Waals surface area contributed by atoms with E-state index in [0.717, 1.165) is 31.4 Å². The van der Waals surface area contributed by atoms with Crippen LogP contribution in [0.15, 0.2) is 23.3 Å². The van der Waals surface area contributed by atoms with Crippen LogP contribution in [0.5, 0.6) is 0 Å². The SMILES string of the molecule is CCNC(=NCc1ccnc(N2CCCCC2)c1)NC(C)(C)C.I. The second-order valence-electron chi connectivity index (χ2n) is 7.14. The highest BCUT2D eigenvalue weighted by Crippen LogP contribution is 2.18. The summed E-state index contributed by atoms with van der Waals surface area (Å²) in [7, 11) is 0. The van der Waals surface area contributed by atoms with Gasteiger partial charge in [0.25, 0.3) is 0 Å². The first kappa shape index (κ1) is 21.0. The first-order valence-electron chi connectivity index (χ1n) is 8.74. The summed E-state index contributed by atoms with van der Waals surface area (Å²) in [6.07, 6.45) is 5.78. The van der Waals surface area contributed by atoms with Crippen molar-refractivity contribution in [1.29, 1.82) is 0 Å². The first-order chi connectivity index (χ1) is 11.0. The number of nitrogens with one attached hydrogen (secondary N) is 2. The minimum atomic E-state index is -0.00178. The summed E-state index contributed by atoms with van der Waals surface area (Å²) >= 11 is 0. The number of halogens is 1. The van der Waals surface area contributed by atoms with Crippen molar-refractivity contribution >= 4 is 35.8 Å². The van der Waals surface area contributed by atoms with Gasteiger partial charge in [-0.05, 0) is 64.7 Å². The van der Waals surface area contributed by atoms with E-state index in [2.05, 4.69) is 60.3 Å². The Kier molecular flexibility index (Phi) is 8.80. The van der Waals surface area contributed by atoms with Crippen LogP contribution in [0.4, 0.5) is 5.82 Å². The van der Waals surface area contributed by atoms with Gasteiger partial charge < -0.3 is 15.5 Å². The molecule has 2 N–H and O–H groups in total. The molecule has 0 saturated carbocycles. The third-order valence-electron chi connectivity index (χ3n) is 3.75. The molecule has 5 nitrogen and oxygen atoms in total. The molecule has 1 aliphatic heterocycles. The van der Waals surface area contributed by atoms with Gasteiger partial charge in [0.05, 0.1) is 6.54 Å². The van der Waals surface area contributed by atoms with Gasteiger partial charge in [-0.3, -0.25) is 0 Å². The molecule has 0 aliphatic carbocycles. The quantitative estimate of drug-likeness (QED) is 0.423. The Morgan fingerprint density at radius 3 is 2.58 bits per heavy atom. The monoisotopic (exact) mass is 445 g/mol. The van der Waals surface area contributed by atoms with Crippen LogP contribution in [0.2, 0.25) is 0 Å². The van der Waals surface area contributed by atoms with Gasteiger partial charge in [-0.2, -0.15) is 0 Å². The molecule has 1 saturated heterocycles. The molecule has 1 aromatic rings. The number of pyridine rings is 1. The van der Waals surface area contributed by atoms with E-state index in [1.807, 2.05) is 6.20 Å². The van der Waals surface area contributed by atoms with Gasteiger partial charge in [-0.25, -0.2) is 9.98 Å². The minimum absolute atomic E-state index is 0. The van der Waals surface area contributed by atoms with Crippen LogP contribution in [0.1, 0.15) is 52.5 Å². The summed E-state index contributed by atoms with van der Waals surface area (Å²) in [5.41, 5.74) is 1.20. The van der Waals surface area contributed by atoms with E-state index in [1.165, 1.54) is 24.8 Å². The lowest BCUT2D eigenvalue weighted by molar-refractivity contribution is 0.501. The Morgan fingerprint density at radius 1 is 1.25 bits per heavy atom. The Labute approximate surface area is 163 Å². The maximum absolute atomic E-state index is 4.70. The lowest BCUT2D eigenvalue weighted by Gasteiger charge is -2.27. The summed E-state index contributed by atoms with van der Waals surface area (Å²) in [5.74, 6) is 1.95. The summed E-state index contributed by atoms with van der Waals surface area (Å²) in [4.78, 5) is 11.6. The van der Waals surface area contributed by atoms with Crippen molar-refractivity contribution in [2.24, 2.45) is 4.99 Å². The molecule has 0 aromatic carbocycles. The van der Waals surface area contributed by atoms with Gasteiger partial charge in [0.15, 0.2) is 5.96 Å². The predicted molar refractivity (Wildman–Crippen MR) is 113 cm³/mol. The molecule has 2 rings (SSSR count). The highest BCUT2D eigenvalue weighted by Gasteiger charge is 2.13. The second-order valence-corrected chi connectivity index (χ2v) is 7.14. The lowest BCUT2D eigenvalue weighted by Crippen LogP contribution is -2.47. The van der Waals surface area contributed by atoms with Crippen molar-refractivity contribution in [3.63, 3.8) is 0 Å². The van der Waals surface area contributed by atoms with Gasteiger partial charge in [0.2, 0.25) is 0 Å². The van der Waals surface area contributed by atoms with Crippen molar-refractivity contribution in [2.45, 2.75) is 59.0 Å². The van der Waals surface area contributed by atoms with Gasteiger partial charge in [-0.1, -0.05) is 0 Å². The van der Waals surface area contributed by atoms with E-state index in [1.54, 1.807) is 0 Å². The van der Waals surface area contributed by atoms with Crippen molar-refractivity contribution < 1.29 is 0 Å². The first-order valence-corrected chi connectivity index (χ1v) is 8.74. The van der Waals surface area contributed by atoms with Crippen molar-refractivity contribution in [1.82, 2.24) is 15.6 Å². The van der Waals surface area contributed by atoms with Crippen LogP contribution in [-0.2, 0) is 6.54 Å². The predicted octanol–water partition coefficient (Wildman–Crippen LogP) is 3.54. The van der Waals surface area contributed by atoms with Gasteiger partial charge >= 0.3 is 0 Å². The third kappa shape index (κ3) is 7.23. The Balaban J connectivity index is 0.00000288. The van der Waals surface area contributed by atoms with Crippen LogP contribution >= 0.6 is 24.0 Å². The molecular weight excluding hydrogens is 413 g/mol. The fourth-order valence-electron chi connectivity index (χ4n) is 2.69. The molecule has 0 amide bonds. The van der Waals surface area contributed by atoms with Crippen LogP contribution in [0.3, 0.4) is 0 Å². The average molecular weight is 445 g/mol. The largest absolute Gasteiger partial charge is 0.357 e. The summed E-state index contributed by atoms with van der Waals surface area (Å²) in [6, 6.07) is 4.23. The zero-order chi connectivity index (χ0) is 16.7. The van der Waals surface area contributed by atoms with Crippen LogP contribution in [0, 0.1) is 0 Å². The molecular formula is C18H32IN5. The number of hydrogen-bond acceptors (Lipinski definition) is 3. The van der Waals surface area contributed by atoms with Crippen molar-refractivity contribution in [3.8, 4) is 0 Å². The number of guanidine groups is 1. The van der Waals surface area contributed by atoms with Crippen molar-refractivity contribution in [3.05, 3.63) is 23.9 Å². The molecule has 0 spiro atoms. The van der Waals surface area contributed by atoms with E-state index in [9.17, 15) is 0 Å². The molecule has 0 radical (unpaired) electrons. The Bertz CT molecular complexity index is 518. The van der Waals surface area contributed by atoms with E-state index >= 15 is 0 Å². The Morgan fingerprint density at radius 2 is 1.96 bits per heavy atom. The molecule has 136 valence electrons. The Hall–Kier alpha value is -1.05. The van der Waals surface area contributed by atoms with E-state index in [-0.39, 0.29) is 29.5 Å². The van der Waals surface area contributed by atoms with E-state index in [0.29, 0.717) is 6.54 Å². The highest BCUT2D eigenvalue weighted by atomic mass is 127. The zero-order valence-corrected chi connectivity index (χ0v) is 17.8. The fourth-order valence-corrected chi connectivity index (χ4v) is 2.69. The zero-order valence-electron chi connectivity index (χ0n) is 15.4. The molecule has 1 aromatic heterocycles.